The Morgan fingerprint density at radius 3 is 2.03 bits per heavy atom. The molecule has 3 saturated heterocycles. The number of benzene rings is 3. The van der Waals surface area contributed by atoms with E-state index in [1.165, 1.54) is 11.1 Å². The highest BCUT2D eigenvalue weighted by Gasteiger charge is 2.69. The summed E-state index contributed by atoms with van der Waals surface area (Å²) in [7, 11) is 0. The lowest BCUT2D eigenvalue weighted by molar-refractivity contribution is -0.126. The normalized spacial score (nSPS) is 30.5. The Balaban J connectivity index is 1.51. The third kappa shape index (κ3) is 2.39. The predicted octanol–water partition coefficient (Wildman–Crippen LogP) is 5.02. The van der Waals surface area contributed by atoms with Crippen LogP contribution in [0, 0.1) is 5.92 Å². The summed E-state index contributed by atoms with van der Waals surface area (Å²) in [6, 6.07) is 32.2. The van der Waals surface area contributed by atoms with Gasteiger partial charge in [0.1, 0.15) is 5.54 Å². The van der Waals surface area contributed by atoms with Gasteiger partial charge in [0, 0.05) is 30.1 Å². The van der Waals surface area contributed by atoms with Crippen LogP contribution >= 0.6 is 0 Å². The van der Waals surface area contributed by atoms with Crippen LogP contribution in [0.5, 0.6) is 0 Å². The maximum atomic E-state index is 14.0. The number of amides is 1. The fourth-order valence-electron chi connectivity index (χ4n) is 6.48. The van der Waals surface area contributed by atoms with E-state index in [2.05, 4.69) is 82.6 Å². The maximum Gasteiger partial charge on any atom is 0.247 e. The summed E-state index contributed by atoms with van der Waals surface area (Å²) in [5.74, 6) is 0.905. The highest BCUT2D eigenvalue weighted by Crippen LogP contribution is 2.62. The minimum absolute atomic E-state index is 0.253. The third-order valence-corrected chi connectivity index (χ3v) is 7.58. The van der Waals surface area contributed by atoms with Crippen LogP contribution in [0.25, 0.3) is 0 Å². The van der Waals surface area contributed by atoms with Crippen molar-refractivity contribution >= 4 is 11.6 Å². The number of nitrogens with zero attached hydrogens (tertiary/aromatic N) is 2. The van der Waals surface area contributed by atoms with Crippen LogP contribution < -0.4 is 4.90 Å². The summed E-state index contributed by atoms with van der Waals surface area (Å²) in [4.78, 5) is 18.6. The molecule has 0 radical (unpaired) electrons. The Hall–Kier alpha value is -2.91. The quantitative estimate of drug-likeness (QED) is 0.623. The van der Waals surface area contributed by atoms with Crippen LogP contribution in [0.3, 0.4) is 0 Å². The summed E-state index contributed by atoms with van der Waals surface area (Å²) in [6.07, 6.45) is 2.06. The molecule has 3 aliphatic heterocycles. The molecule has 3 fully saturated rings. The largest absolute Gasteiger partial charge is 0.310 e. The zero-order valence-corrected chi connectivity index (χ0v) is 17.0. The number of hydrogen-bond acceptors (Lipinski definition) is 2. The van der Waals surface area contributed by atoms with Crippen molar-refractivity contribution in [3.63, 3.8) is 0 Å². The van der Waals surface area contributed by atoms with E-state index in [0.29, 0.717) is 17.7 Å². The van der Waals surface area contributed by atoms with E-state index >= 15 is 0 Å². The summed E-state index contributed by atoms with van der Waals surface area (Å²) in [5, 5.41) is 0. The SMILES string of the molecule is O=C1N(c2ccccc2)CC2C(c3ccccc3)C(c3ccccc3)N3CCCC123. The van der Waals surface area contributed by atoms with Gasteiger partial charge in [-0.15, -0.1) is 0 Å². The second kappa shape index (κ2) is 6.82. The van der Waals surface area contributed by atoms with Gasteiger partial charge in [-0.2, -0.15) is 0 Å². The topological polar surface area (TPSA) is 23.6 Å². The molecule has 4 atom stereocenters. The lowest BCUT2D eigenvalue weighted by Gasteiger charge is -2.34. The van der Waals surface area contributed by atoms with E-state index < -0.39 is 0 Å². The van der Waals surface area contributed by atoms with E-state index in [0.717, 1.165) is 31.6 Å². The zero-order valence-electron chi connectivity index (χ0n) is 17.0. The number of carbonyl (C=O) groups is 1. The standard InChI is InChI=1S/C27H26N2O/c30-26-27-17-10-18-29(27)25(21-13-6-2-7-14-21)24(20-11-4-1-5-12-20)23(27)19-28(26)22-15-8-3-9-16-22/h1-9,11-16,23-25H,10,17-19H2. The van der Waals surface area contributed by atoms with Gasteiger partial charge >= 0.3 is 0 Å². The van der Waals surface area contributed by atoms with Gasteiger partial charge in [0.25, 0.3) is 0 Å². The van der Waals surface area contributed by atoms with E-state index in [-0.39, 0.29) is 11.6 Å². The van der Waals surface area contributed by atoms with Gasteiger partial charge < -0.3 is 4.90 Å². The molecule has 0 saturated carbocycles. The Bertz CT molecular complexity index is 1050. The molecule has 30 heavy (non-hydrogen) atoms. The fraction of sp³-hybridized carbons (Fsp3) is 0.296. The van der Waals surface area contributed by atoms with Crippen molar-refractivity contribution in [2.45, 2.75) is 30.3 Å². The number of hydrogen-bond donors (Lipinski definition) is 0. The summed E-state index contributed by atoms with van der Waals surface area (Å²) >= 11 is 0. The van der Waals surface area contributed by atoms with Gasteiger partial charge in [0.2, 0.25) is 5.91 Å². The van der Waals surface area contributed by atoms with Crippen LogP contribution in [0.4, 0.5) is 5.69 Å². The molecule has 150 valence electrons. The monoisotopic (exact) mass is 394 g/mol. The fourth-order valence-corrected chi connectivity index (χ4v) is 6.48. The van der Waals surface area contributed by atoms with Crippen molar-refractivity contribution in [2.75, 3.05) is 18.0 Å². The first-order chi connectivity index (χ1) is 14.8. The van der Waals surface area contributed by atoms with Crippen molar-refractivity contribution in [3.05, 3.63) is 102 Å². The number of carbonyl (C=O) groups excluding carboxylic acids is 1. The number of para-hydroxylation sites is 1. The van der Waals surface area contributed by atoms with Crippen LogP contribution in [0.15, 0.2) is 91.0 Å². The average molecular weight is 395 g/mol. The zero-order chi connectivity index (χ0) is 20.1. The van der Waals surface area contributed by atoms with Crippen molar-refractivity contribution < 1.29 is 4.79 Å². The van der Waals surface area contributed by atoms with Gasteiger partial charge in [-0.05, 0) is 42.6 Å². The van der Waals surface area contributed by atoms with Gasteiger partial charge in [-0.25, -0.2) is 0 Å². The molecular weight excluding hydrogens is 368 g/mol. The molecule has 1 spiro atoms. The van der Waals surface area contributed by atoms with Gasteiger partial charge in [0.15, 0.2) is 0 Å². The molecule has 6 rings (SSSR count). The molecule has 3 aromatic rings. The van der Waals surface area contributed by atoms with E-state index in [1.807, 2.05) is 18.2 Å². The van der Waals surface area contributed by atoms with Gasteiger partial charge in [0.05, 0.1) is 0 Å². The molecule has 3 nitrogen and oxygen atoms in total. The second-order valence-electron chi connectivity index (χ2n) is 8.87. The smallest absolute Gasteiger partial charge is 0.247 e. The lowest BCUT2D eigenvalue weighted by Crippen LogP contribution is -2.49. The van der Waals surface area contributed by atoms with Crippen LogP contribution in [-0.2, 0) is 4.79 Å². The second-order valence-corrected chi connectivity index (χ2v) is 8.87. The molecule has 1 amide bonds. The Labute approximate surface area is 177 Å². The first-order valence-corrected chi connectivity index (χ1v) is 11.0. The first-order valence-electron chi connectivity index (χ1n) is 11.0. The Morgan fingerprint density at radius 1 is 0.767 bits per heavy atom. The molecule has 3 heterocycles. The van der Waals surface area contributed by atoms with Gasteiger partial charge in [-0.3, -0.25) is 9.69 Å². The lowest BCUT2D eigenvalue weighted by atomic mass is 9.75. The average Bonchev–Trinajstić information content (AvgIpc) is 3.44. The molecule has 0 aromatic heterocycles. The predicted molar refractivity (Wildman–Crippen MR) is 119 cm³/mol. The minimum Gasteiger partial charge on any atom is -0.310 e. The van der Waals surface area contributed by atoms with Crippen molar-refractivity contribution in [2.24, 2.45) is 5.92 Å². The van der Waals surface area contributed by atoms with Gasteiger partial charge in [-0.1, -0.05) is 78.9 Å². The van der Waals surface area contributed by atoms with Crippen molar-refractivity contribution in [1.82, 2.24) is 4.90 Å². The van der Waals surface area contributed by atoms with Crippen LogP contribution in [0.2, 0.25) is 0 Å². The third-order valence-electron chi connectivity index (χ3n) is 7.58. The first kappa shape index (κ1) is 17.9. The Morgan fingerprint density at radius 2 is 1.37 bits per heavy atom. The molecule has 0 N–H and O–H groups in total. The minimum atomic E-state index is -0.378. The summed E-state index contributed by atoms with van der Waals surface area (Å²) in [6.45, 7) is 1.79. The van der Waals surface area contributed by atoms with Crippen molar-refractivity contribution in [3.8, 4) is 0 Å². The molecule has 3 aliphatic rings. The molecule has 3 aromatic carbocycles. The summed E-state index contributed by atoms with van der Waals surface area (Å²) in [5.41, 5.74) is 3.34. The molecular formula is C27H26N2O. The van der Waals surface area contributed by atoms with Crippen LogP contribution in [-0.4, -0.2) is 29.4 Å². The number of anilines is 1. The van der Waals surface area contributed by atoms with E-state index in [9.17, 15) is 4.79 Å². The molecule has 4 unspecified atom stereocenters. The molecule has 0 bridgehead atoms. The Kier molecular flexibility index (Phi) is 4.07. The maximum absolute atomic E-state index is 14.0. The highest BCUT2D eigenvalue weighted by molar-refractivity contribution is 6.04. The highest BCUT2D eigenvalue weighted by atomic mass is 16.2. The molecule has 0 aliphatic carbocycles. The summed E-state index contributed by atoms with van der Waals surface area (Å²) < 4.78 is 0. The number of rotatable bonds is 3. The van der Waals surface area contributed by atoms with E-state index in [4.69, 9.17) is 0 Å². The van der Waals surface area contributed by atoms with Crippen molar-refractivity contribution in [1.29, 1.82) is 0 Å². The van der Waals surface area contributed by atoms with Crippen LogP contribution in [0.1, 0.15) is 35.9 Å². The van der Waals surface area contributed by atoms with E-state index in [1.54, 1.807) is 0 Å². The molecule has 3 heteroatoms.